The van der Waals surface area contributed by atoms with Gasteiger partial charge in [0.05, 0.1) is 0 Å². The molecule has 1 saturated heterocycles. The molecule has 4 unspecified atom stereocenters. The van der Waals surface area contributed by atoms with E-state index in [0.29, 0.717) is 11.7 Å². The van der Waals surface area contributed by atoms with Crippen LogP contribution in [-0.2, 0) is 24.9 Å². The van der Waals surface area contributed by atoms with E-state index in [1.165, 1.54) is 0 Å². The van der Waals surface area contributed by atoms with E-state index in [-0.39, 0.29) is 16.7 Å². The third kappa shape index (κ3) is 2.17. The molecule has 1 aliphatic heterocycles. The summed E-state index contributed by atoms with van der Waals surface area (Å²) in [5, 5.41) is 0. The second kappa shape index (κ2) is 5.69. The molecule has 1 heterocycles. The molecule has 5 fully saturated rings. The first kappa shape index (κ1) is 17.5. The van der Waals surface area contributed by atoms with Crippen molar-refractivity contribution in [1.82, 2.24) is 0 Å². The Balaban J connectivity index is 1.57. The Morgan fingerprint density at radius 3 is 2.50 bits per heavy atom. The number of methoxy groups -OCH3 is 1. The Labute approximate surface area is 157 Å². The van der Waals surface area contributed by atoms with E-state index in [1.54, 1.807) is 25.3 Å². The zero-order chi connectivity index (χ0) is 18.2. The molecule has 1 spiro atoms. The SMILES string of the molecule is COC1(c2cccc(O[PH](=O)O)c2)OOC12C1CC3CC2CC(Cl)(C3)C1. The van der Waals surface area contributed by atoms with Gasteiger partial charge < -0.3 is 14.2 Å². The highest BCUT2D eigenvalue weighted by atomic mass is 35.5. The Kier molecular flexibility index (Phi) is 3.83. The van der Waals surface area contributed by atoms with Gasteiger partial charge in [-0.25, -0.2) is 9.45 Å². The average molecular weight is 401 g/mol. The van der Waals surface area contributed by atoms with Gasteiger partial charge in [-0.05, 0) is 62.0 Å². The van der Waals surface area contributed by atoms with Crippen molar-refractivity contribution >= 4 is 19.9 Å². The minimum absolute atomic E-state index is 0.123. The molecule has 0 aromatic heterocycles. The summed E-state index contributed by atoms with van der Waals surface area (Å²) in [5.74, 6) is 0.439. The zero-order valence-corrected chi connectivity index (χ0v) is 16.2. The number of ether oxygens (including phenoxy) is 1. The van der Waals surface area contributed by atoms with E-state index >= 15 is 0 Å². The monoisotopic (exact) mass is 400 g/mol. The van der Waals surface area contributed by atoms with Gasteiger partial charge in [0.25, 0.3) is 5.79 Å². The van der Waals surface area contributed by atoms with Crippen LogP contribution in [0.1, 0.15) is 37.7 Å². The van der Waals surface area contributed by atoms with Crippen molar-refractivity contribution in [3.05, 3.63) is 29.8 Å². The Morgan fingerprint density at radius 2 is 1.96 bits per heavy atom. The molecule has 142 valence electrons. The molecule has 1 aromatic carbocycles. The van der Waals surface area contributed by atoms with Crippen LogP contribution in [0, 0.1) is 17.8 Å². The number of hydrogen-bond donors (Lipinski definition) is 1. The predicted octanol–water partition coefficient (Wildman–Crippen LogP) is 3.76. The van der Waals surface area contributed by atoms with Gasteiger partial charge in [0, 0.05) is 17.5 Å². The summed E-state index contributed by atoms with van der Waals surface area (Å²) in [5.41, 5.74) is 0.170. The van der Waals surface area contributed by atoms with Gasteiger partial charge in [-0.3, -0.25) is 0 Å². The normalized spacial score (nSPS) is 47.0. The highest BCUT2D eigenvalue weighted by Gasteiger charge is 2.78. The molecule has 4 aliphatic carbocycles. The maximum Gasteiger partial charge on any atom is 0.365 e. The van der Waals surface area contributed by atoms with E-state index in [1.807, 2.05) is 6.07 Å². The third-order valence-electron chi connectivity index (χ3n) is 6.85. The van der Waals surface area contributed by atoms with Crippen LogP contribution in [0.15, 0.2) is 24.3 Å². The van der Waals surface area contributed by atoms with Crippen molar-refractivity contribution in [2.45, 2.75) is 48.4 Å². The number of hydrogen-bond acceptors (Lipinski definition) is 5. The molecular formula is C18H22ClO6P. The van der Waals surface area contributed by atoms with Gasteiger partial charge in [0.1, 0.15) is 5.75 Å². The van der Waals surface area contributed by atoms with Crippen molar-refractivity contribution < 1.29 is 28.5 Å². The fraction of sp³-hybridized carbons (Fsp3) is 0.667. The molecule has 8 heteroatoms. The fourth-order valence-corrected chi connectivity index (χ4v) is 7.13. The topological polar surface area (TPSA) is 74.2 Å². The summed E-state index contributed by atoms with van der Waals surface area (Å²) in [6, 6.07) is 7.00. The van der Waals surface area contributed by atoms with Gasteiger partial charge >= 0.3 is 8.25 Å². The largest absolute Gasteiger partial charge is 0.426 e. The molecule has 6 nitrogen and oxygen atoms in total. The minimum atomic E-state index is -3.08. The van der Waals surface area contributed by atoms with Gasteiger partial charge in [-0.2, -0.15) is 4.89 Å². The Morgan fingerprint density at radius 1 is 1.23 bits per heavy atom. The minimum Gasteiger partial charge on any atom is -0.426 e. The van der Waals surface area contributed by atoms with Crippen LogP contribution in [-0.4, -0.2) is 22.5 Å². The van der Waals surface area contributed by atoms with Crippen LogP contribution in [0.5, 0.6) is 5.75 Å². The molecule has 1 N–H and O–H groups in total. The lowest BCUT2D eigenvalue weighted by atomic mass is 9.46. The van der Waals surface area contributed by atoms with Gasteiger partial charge in [-0.15, -0.1) is 11.6 Å². The van der Waals surface area contributed by atoms with E-state index in [2.05, 4.69) is 0 Å². The van der Waals surface area contributed by atoms with Gasteiger partial charge in [0.2, 0.25) is 0 Å². The zero-order valence-electron chi connectivity index (χ0n) is 14.4. The maximum absolute atomic E-state index is 11.1. The van der Waals surface area contributed by atoms with Crippen molar-refractivity contribution in [3.63, 3.8) is 0 Å². The summed E-state index contributed by atoms with van der Waals surface area (Å²) in [7, 11) is -1.46. The number of halogens is 1. The van der Waals surface area contributed by atoms with Crippen molar-refractivity contribution in [1.29, 1.82) is 0 Å². The van der Waals surface area contributed by atoms with E-state index < -0.39 is 19.6 Å². The molecule has 4 atom stereocenters. The lowest BCUT2D eigenvalue weighted by Gasteiger charge is -2.70. The molecule has 6 rings (SSSR count). The van der Waals surface area contributed by atoms with Crippen LogP contribution < -0.4 is 4.52 Å². The quantitative estimate of drug-likeness (QED) is 0.471. The summed E-state index contributed by atoms with van der Waals surface area (Å²) < 4.78 is 22.0. The molecule has 5 aliphatic rings. The molecule has 1 aromatic rings. The van der Waals surface area contributed by atoms with Crippen LogP contribution in [0.4, 0.5) is 0 Å². The lowest BCUT2D eigenvalue weighted by Crippen LogP contribution is -2.78. The molecular weight excluding hydrogens is 379 g/mol. The van der Waals surface area contributed by atoms with Gasteiger partial charge in [0.15, 0.2) is 5.60 Å². The van der Waals surface area contributed by atoms with Crippen molar-refractivity contribution in [3.8, 4) is 5.75 Å². The van der Waals surface area contributed by atoms with E-state index in [4.69, 9.17) is 35.5 Å². The van der Waals surface area contributed by atoms with Gasteiger partial charge in [-0.1, -0.05) is 12.1 Å². The van der Waals surface area contributed by atoms with Crippen molar-refractivity contribution in [2.75, 3.05) is 7.11 Å². The predicted molar refractivity (Wildman–Crippen MR) is 94.0 cm³/mol. The van der Waals surface area contributed by atoms with Crippen LogP contribution in [0.3, 0.4) is 0 Å². The smallest absolute Gasteiger partial charge is 0.365 e. The van der Waals surface area contributed by atoms with Crippen LogP contribution in [0.25, 0.3) is 0 Å². The van der Waals surface area contributed by atoms with Crippen LogP contribution >= 0.6 is 19.9 Å². The summed E-state index contributed by atoms with van der Waals surface area (Å²) in [6.07, 6.45) is 5.03. The summed E-state index contributed by atoms with van der Waals surface area (Å²) in [4.78, 5) is 20.5. The molecule has 4 saturated carbocycles. The third-order valence-corrected chi connectivity index (χ3v) is 7.72. The second-order valence-electron chi connectivity index (χ2n) is 8.17. The van der Waals surface area contributed by atoms with E-state index in [0.717, 1.165) is 37.7 Å². The summed E-state index contributed by atoms with van der Waals surface area (Å²) >= 11 is 6.89. The Hall–Kier alpha value is -0.620. The summed E-state index contributed by atoms with van der Waals surface area (Å²) in [6.45, 7) is 0. The Bertz CT molecular complexity index is 752. The fourth-order valence-electron chi connectivity index (χ4n) is 6.21. The highest BCUT2D eigenvalue weighted by molar-refractivity contribution is 7.32. The molecule has 0 radical (unpaired) electrons. The number of rotatable bonds is 4. The first-order chi connectivity index (χ1) is 12.4. The number of alkyl halides is 1. The first-order valence-corrected chi connectivity index (χ1v) is 10.7. The maximum atomic E-state index is 11.1. The van der Waals surface area contributed by atoms with E-state index in [9.17, 15) is 4.57 Å². The van der Waals surface area contributed by atoms with Crippen molar-refractivity contribution in [2.24, 2.45) is 17.8 Å². The standard InChI is InChI=1S/C18H22ClO6P/c1-22-18(12-3-2-4-15(7-12)23-26(20)21)17(24-25-18)13-5-11-6-14(17)10-16(19,8-11)9-13/h2-4,7,11,13-14,26H,5-6,8-10H2,1H3,(H,20,21). The van der Waals surface area contributed by atoms with Crippen LogP contribution in [0.2, 0.25) is 0 Å². The first-order valence-electron chi connectivity index (χ1n) is 9.03. The average Bonchev–Trinajstić information content (AvgIpc) is 2.53. The lowest BCUT2D eigenvalue weighted by molar-refractivity contribution is -0.645. The number of benzene rings is 1. The molecule has 0 amide bonds. The molecule has 4 bridgehead atoms. The molecule has 26 heavy (non-hydrogen) atoms. The highest BCUT2D eigenvalue weighted by Crippen LogP contribution is 2.71. The second-order valence-corrected chi connectivity index (χ2v) is 9.71.